The van der Waals surface area contributed by atoms with Crippen LogP contribution in [0.4, 0.5) is 17.1 Å². The molecule has 24 heavy (non-hydrogen) atoms. The predicted octanol–water partition coefficient (Wildman–Crippen LogP) is 3.30. The van der Waals surface area contributed by atoms with Crippen molar-refractivity contribution in [2.75, 3.05) is 5.32 Å². The van der Waals surface area contributed by atoms with E-state index < -0.39 is 21.4 Å². The van der Waals surface area contributed by atoms with Crippen molar-refractivity contribution in [2.45, 2.75) is 20.3 Å². The van der Waals surface area contributed by atoms with E-state index in [1.165, 1.54) is 6.07 Å². The van der Waals surface area contributed by atoms with E-state index in [0.717, 1.165) is 23.3 Å². The van der Waals surface area contributed by atoms with Crippen LogP contribution < -0.4 is 5.32 Å². The van der Waals surface area contributed by atoms with Gasteiger partial charge in [0.05, 0.1) is 22.3 Å². The van der Waals surface area contributed by atoms with E-state index in [2.05, 4.69) is 5.32 Å². The fraction of sp³-hybridized carbons (Fsp3) is 0.188. The molecule has 0 unspecified atom stereocenters. The lowest BCUT2D eigenvalue weighted by Gasteiger charge is -2.10. The van der Waals surface area contributed by atoms with Gasteiger partial charge < -0.3 is 5.32 Å². The highest BCUT2D eigenvalue weighted by Crippen LogP contribution is 2.25. The van der Waals surface area contributed by atoms with Gasteiger partial charge in [-0.25, -0.2) is 0 Å². The number of amides is 1. The Balaban J connectivity index is 2.24. The maximum Gasteiger partial charge on any atom is 0.279 e. The number of non-ortho nitro benzene ring substituents is 1. The molecule has 0 heterocycles. The highest BCUT2D eigenvalue weighted by atomic mass is 16.6. The Kier molecular flexibility index (Phi) is 4.88. The van der Waals surface area contributed by atoms with Crippen molar-refractivity contribution in [1.29, 1.82) is 0 Å². The Bertz CT molecular complexity index is 832. The molecule has 0 radical (unpaired) electrons. The Labute approximate surface area is 137 Å². The van der Waals surface area contributed by atoms with Gasteiger partial charge in [-0.1, -0.05) is 12.1 Å². The number of nitro groups is 2. The molecule has 0 aliphatic rings. The van der Waals surface area contributed by atoms with Crippen LogP contribution in [-0.2, 0) is 11.2 Å². The molecule has 0 aliphatic heterocycles. The minimum atomic E-state index is -0.729. The molecule has 2 rings (SSSR count). The van der Waals surface area contributed by atoms with Crippen LogP contribution in [-0.4, -0.2) is 15.8 Å². The number of nitro benzene ring substituents is 2. The molecule has 124 valence electrons. The van der Waals surface area contributed by atoms with E-state index >= 15 is 0 Å². The largest absolute Gasteiger partial charge is 0.326 e. The van der Waals surface area contributed by atoms with Gasteiger partial charge in [-0.15, -0.1) is 0 Å². The second-order valence-electron chi connectivity index (χ2n) is 5.30. The van der Waals surface area contributed by atoms with Crippen LogP contribution in [0, 0.1) is 34.1 Å². The number of nitrogens with zero attached hydrogens (tertiary/aromatic N) is 2. The number of benzene rings is 2. The second kappa shape index (κ2) is 6.86. The number of carbonyl (C=O) groups excluding carboxylic acids is 1. The summed E-state index contributed by atoms with van der Waals surface area (Å²) in [4.78, 5) is 32.5. The zero-order valence-corrected chi connectivity index (χ0v) is 13.1. The molecule has 0 aliphatic carbocycles. The Morgan fingerprint density at radius 3 is 2.42 bits per heavy atom. The van der Waals surface area contributed by atoms with Crippen LogP contribution in [0.25, 0.3) is 0 Å². The van der Waals surface area contributed by atoms with Crippen molar-refractivity contribution < 1.29 is 14.6 Å². The van der Waals surface area contributed by atoms with Gasteiger partial charge in [0.2, 0.25) is 5.91 Å². The van der Waals surface area contributed by atoms with Gasteiger partial charge >= 0.3 is 0 Å². The first-order valence-electron chi connectivity index (χ1n) is 7.07. The molecule has 2 aromatic rings. The smallest absolute Gasteiger partial charge is 0.279 e. The predicted molar refractivity (Wildman–Crippen MR) is 88.0 cm³/mol. The molecule has 0 spiro atoms. The van der Waals surface area contributed by atoms with Gasteiger partial charge in [0.25, 0.3) is 11.4 Å². The first-order chi connectivity index (χ1) is 11.3. The number of aryl methyl sites for hydroxylation is 1. The molecular weight excluding hydrogens is 314 g/mol. The molecule has 1 amide bonds. The molecule has 0 bridgehead atoms. The summed E-state index contributed by atoms with van der Waals surface area (Å²) in [5.74, 6) is -0.430. The zero-order valence-electron chi connectivity index (χ0n) is 13.1. The third-order valence-corrected chi connectivity index (χ3v) is 3.71. The van der Waals surface area contributed by atoms with Gasteiger partial charge in [0.1, 0.15) is 0 Å². The lowest BCUT2D eigenvalue weighted by Crippen LogP contribution is -2.16. The van der Waals surface area contributed by atoms with Crippen LogP contribution >= 0.6 is 0 Å². The number of nitrogens with one attached hydrogen (secondary N) is 1. The Morgan fingerprint density at radius 2 is 1.79 bits per heavy atom. The third kappa shape index (κ3) is 3.72. The van der Waals surface area contributed by atoms with E-state index in [1.807, 2.05) is 19.9 Å². The maximum absolute atomic E-state index is 12.2. The monoisotopic (exact) mass is 329 g/mol. The number of carbonyl (C=O) groups is 1. The molecule has 8 heteroatoms. The average Bonchev–Trinajstić information content (AvgIpc) is 2.51. The van der Waals surface area contributed by atoms with Crippen LogP contribution in [0.1, 0.15) is 16.7 Å². The molecule has 1 N–H and O–H groups in total. The normalized spacial score (nSPS) is 10.2. The van der Waals surface area contributed by atoms with Gasteiger partial charge in [-0.2, -0.15) is 0 Å². The summed E-state index contributed by atoms with van der Waals surface area (Å²) in [6.07, 6.45) is -0.248. The Hall–Kier alpha value is -3.29. The molecule has 0 atom stereocenters. The van der Waals surface area contributed by atoms with Crippen LogP contribution in [0.2, 0.25) is 0 Å². The van der Waals surface area contributed by atoms with Crippen molar-refractivity contribution >= 4 is 23.0 Å². The van der Waals surface area contributed by atoms with Crippen LogP contribution in [0.5, 0.6) is 0 Å². The average molecular weight is 329 g/mol. The summed E-state index contributed by atoms with van der Waals surface area (Å²) in [5, 5.41) is 24.5. The molecule has 0 fully saturated rings. The second-order valence-corrected chi connectivity index (χ2v) is 5.30. The van der Waals surface area contributed by atoms with E-state index in [9.17, 15) is 25.0 Å². The summed E-state index contributed by atoms with van der Waals surface area (Å²) >= 11 is 0. The molecule has 8 nitrogen and oxygen atoms in total. The highest BCUT2D eigenvalue weighted by Gasteiger charge is 2.21. The maximum atomic E-state index is 12.2. The van der Waals surface area contributed by atoms with Gasteiger partial charge in [0.15, 0.2) is 0 Å². The summed E-state index contributed by atoms with van der Waals surface area (Å²) < 4.78 is 0. The first-order valence-corrected chi connectivity index (χ1v) is 7.07. The summed E-state index contributed by atoms with van der Waals surface area (Å²) in [6, 6.07) is 8.69. The first kappa shape index (κ1) is 17.1. The van der Waals surface area contributed by atoms with Crippen molar-refractivity contribution in [3.8, 4) is 0 Å². The standard InChI is InChI=1S/C16H15N3O5/c1-10-4-3-5-14(11(10)2)17-16(20)8-12-6-7-13(18(21)22)9-15(12)19(23)24/h3-7,9H,8H2,1-2H3,(H,17,20). The number of rotatable bonds is 5. The third-order valence-electron chi connectivity index (χ3n) is 3.71. The molecule has 2 aromatic carbocycles. The van der Waals surface area contributed by atoms with Crippen molar-refractivity contribution in [1.82, 2.24) is 0 Å². The lowest BCUT2D eigenvalue weighted by atomic mass is 10.1. The van der Waals surface area contributed by atoms with Crippen molar-refractivity contribution in [2.24, 2.45) is 0 Å². The molecular formula is C16H15N3O5. The minimum Gasteiger partial charge on any atom is -0.326 e. The fourth-order valence-electron chi connectivity index (χ4n) is 2.24. The SMILES string of the molecule is Cc1cccc(NC(=O)Cc2ccc([N+](=O)[O-])cc2[N+](=O)[O-])c1C. The molecule has 0 saturated heterocycles. The van der Waals surface area contributed by atoms with Crippen LogP contribution in [0.3, 0.4) is 0 Å². The molecule has 0 saturated carbocycles. The summed E-state index contributed by atoms with van der Waals surface area (Å²) in [5.41, 5.74) is 1.83. The van der Waals surface area contributed by atoms with Crippen molar-refractivity contribution in [3.05, 3.63) is 73.3 Å². The summed E-state index contributed by atoms with van der Waals surface area (Å²) in [7, 11) is 0. The quantitative estimate of drug-likeness (QED) is 0.667. The van der Waals surface area contributed by atoms with Crippen LogP contribution in [0.15, 0.2) is 36.4 Å². The summed E-state index contributed by atoms with van der Waals surface area (Å²) in [6.45, 7) is 3.77. The van der Waals surface area contributed by atoms with Gasteiger partial charge in [-0.3, -0.25) is 25.0 Å². The highest BCUT2D eigenvalue weighted by molar-refractivity contribution is 5.93. The topological polar surface area (TPSA) is 115 Å². The number of hydrogen-bond acceptors (Lipinski definition) is 5. The van der Waals surface area contributed by atoms with E-state index in [-0.39, 0.29) is 17.7 Å². The Morgan fingerprint density at radius 1 is 1.08 bits per heavy atom. The van der Waals surface area contributed by atoms with Crippen molar-refractivity contribution in [3.63, 3.8) is 0 Å². The minimum absolute atomic E-state index is 0.119. The zero-order chi connectivity index (χ0) is 17.9. The fourth-order valence-corrected chi connectivity index (χ4v) is 2.24. The van der Waals surface area contributed by atoms with Gasteiger partial charge in [0, 0.05) is 17.3 Å². The van der Waals surface area contributed by atoms with E-state index in [1.54, 1.807) is 12.1 Å². The molecule has 0 aromatic heterocycles. The van der Waals surface area contributed by atoms with E-state index in [0.29, 0.717) is 5.69 Å². The van der Waals surface area contributed by atoms with Gasteiger partial charge in [-0.05, 0) is 37.1 Å². The number of hydrogen-bond donors (Lipinski definition) is 1. The lowest BCUT2D eigenvalue weighted by molar-refractivity contribution is -0.394. The number of anilines is 1. The van der Waals surface area contributed by atoms with E-state index in [4.69, 9.17) is 0 Å².